The topological polar surface area (TPSA) is 53.1 Å². The Morgan fingerprint density at radius 3 is 2.54 bits per heavy atom. The Kier molecular flexibility index (Phi) is 6.92. The van der Waals surface area contributed by atoms with Crippen LogP contribution in [-0.4, -0.2) is 86.0 Å². The molecule has 1 spiro atoms. The van der Waals surface area contributed by atoms with E-state index in [9.17, 15) is 9.59 Å². The molecule has 26 heavy (non-hydrogen) atoms. The van der Waals surface area contributed by atoms with E-state index < -0.39 is 0 Å². The number of piperidine rings is 2. The number of carbonyl (C=O) groups excluding carboxylic acids is 2. The minimum absolute atomic E-state index is 0.0916. The number of rotatable bonds is 5. The number of methoxy groups -OCH3 is 1. The van der Waals surface area contributed by atoms with Gasteiger partial charge in [-0.3, -0.25) is 14.5 Å². The Labute approximate surface area is 157 Å². The Morgan fingerprint density at radius 2 is 1.81 bits per heavy atom. The van der Waals surface area contributed by atoms with Crippen LogP contribution >= 0.6 is 0 Å². The molecule has 3 rings (SSSR count). The van der Waals surface area contributed by atoms with Crippen molar-refractivity contribution < 1.29 is 14.3 Å². The third-order valence-corrected chi connectivity index (χ3v) is 6.39. The summed E-state index contributed by atoms with van der Waals surface area (Å²) in [5, 5.41) is 0. The maximum atomic E-state index is 12.9. The van der Waals surface area contributed by atoms with Crippen LogP contribution in [0.2, 0.25) is 0 Å². The lowest BCUT2D eigenvalue weighted by atomic mass is 9.73. The van der Waals surface area contributed by atoms with Gasteiger partial charge in [0.1, 0.15) is 0 Å². The molecule has 2 amide bonds. The van der Waals surface area contributed by atoms with E-state index in [1.807, 2.05) is 4.90 Å². The Balaban J connectivity index is 1.57. The molecule has 3 fully saturated rings. The van der Waals surface area contributed by atoms with E-state index >= 15 is 0 Å². The van der Waals surface area contributed by atoms with Crippen LogP contribution in [0.3, 0.4) is 0 Å². The van der Waals surface area contributed by atoms with E-state index in [2.05, 4.69) is 9.80 Å². The van der Waals surface area contributed by atoms with E-state index in [4.69, 9.17) is 4.74 Å². The Bertz CT molecular complexity index is 491. The number of nitrogens with zero attached hydrogens (tertiary/aromatic N) is 3. The highest BCUT2D eigenvalue weighted by atomic mass is 16.5. The van der Waals surface area contributed by atoms with Gasteiger partial charge in [-0.05, 0) is 45.2 Å². The lowest BCUT2D eigenvalue weighted by molar-refractivity contribution is -0.144. The summed E-state index contributed by atoms with van der Waals surface area (Å²) in [4.78, 5) is 31.5. The predicted molar refractivity (Wildman–Crippen MR) is 101 cm³/mol. The zero-order valence-electron chi connectivity index (χ0n) is 16.4. The maximum absolute atomic E-state index is 12.9. The van der Waals surface area contributed by atoms with Gasteiger partial charge in [0.2, 0.25) is 11.8 Å². The molecule has 0 bridgehead atoms. The van der Waals surface area contributed by atoms with Gasteiger partial charge in [-0.2, -0.15) is 0 Å². The molecule has 0 aromatic heterocycles. The summed E-state index contributed by atoms with van der Waals surface area (Å²) in [5.74, 6) is 0.520. The summed E-state index contributed by atoms with van der Waals surface area (Å²) < 4.78 is 5.16. The molecule has 6 heteroatoms. The first-order valence-electron chi connectivity index (χ1n) is 10.4. The van der Waals surface area contributed by atoms with Crippen molar-refractivity contribution in [2.75, 3.05) is 59.5 Å². The van der Waals surface area contributed by atoms with E-state index in [0.717, 1.165) is 52.0 Å². The highest BCUT2D eigenvalue weighted by Gasteiger charge is 2.42. The van der Waals surface area contributed by atoms with Crippen LogP contribution in [-0.2, 0) is 14.3 Å². The fourth-order valence-electron chi connectivity index (χ4n) is 4.85. The van der Waals surface area contributed by atoms with Crippen LogP contribution in [0.15, 0.2) is 0 Å². The lowest BCUT2D eigenvalue weighted by Gasteiger charge is -2.48. The van der Waals surface area contributed by atoms with Crippen LogP contribution in [0, 0.1) is 5.41 Å². The molecular formula is C20H35N3O3. The molecule has 3 aliphatic rings. The number of likely N-dealkylation sites (tertiary alicyclic amines) is 3. The standard InChI is InChI=1S/C20H35N3O3/c1-26-14-13-23-17-20(9-7-18(23)24)8-6-12-22(16-20)19(25)15-21-10-4-2-3-5-11-21/h2-17H2,1H3/t20-/m0/s1. The van der Waals surface area contributed by atoms with Crippen LogP contribution in [0.1, 0.15) is 51.4 Å². The quantitative estimate of drug-likeness (QED) is 0.745. The normalized spacial score (nSPS) is 28.4. The average molecular weight is 366 g/mol. The molecule has 0 aliphatic carbocycles. The van der Waals surface area contributed by atoms with E-state index in [1.165, 1.54) is 25.7 Å². The molecule has 1 atom stereocenters. The largest absolute Gasteiger partial charge is 0.383 e. The number of hydrogen-bond donors (Lipinski definition) is 0. The first-order chi connectivity index (χ1) is 12.6. The summed E-state index contributed by atoms with van der Waals surface area (Å²) in [5.41, 5.74) is 0.0916. The van der Waals surface area contributed by atoms with Crippen LogP contribution in [0.4, 0.5) is 0 Å². The minimum atomic E-state index is 0.0916. The summed E-state index contributed by atoms with van der Waals surface area (Å²) in [6.45, 7) is 6.41. The van der Waals surface area contributed by atoms with Gasteiger partial charge in [0, 0.05) is 45.1 Å². The molecule has 148 valence electrons. The van der Waals surface area contributed by atoms with Gasteiger partial charge in [-0.25, -0.2) is 0 Å². The predicted octanol–water partition coefficient (Wildman–Crippen LogP) is 1.74. The van der Waals surface area contributed by atoms with Crippen molar-refractivity contribution in [2.45, 2.75) is 51.4 Å². The highest BCUT2D eigenvalue weighted by Crippen LogP contribution is 2.38. The second-order valence-corrected chi connectivity index (χ2v) is 8.42. The number of hydrogen-bond acceptors (Lipinski definition) is 4. The highest BCUT2D eigenvalue weighted by molar-refractivity contribution is 5.79. The molecule has 3 heterocycles. The van der Waals surface area contributed by atoms with Crippen LogP contribution < -0.4 is 0 Å². The maximum Gasteiger partial charge on any atom is 0.236 e. The van der Waals surface area contributed by atoms with Gasteiger partial charge < -0.3 is 14.5 Å². The Morgan fingerprint density at radius 1 is 1.04 bits per heavy atom. The number of amides is 2. The first-order valence-corrected chi connectivity index (χ1v) is 10.4. The molecular weight excluding hydrogens is 330 g/mol. The van der Waals surface area contributed by atoms with Gasteiger partial charge >= 0.3 is 0 Å². The van der Waals surface area contributed by atoms with Crippen molar-refractivity contribution in [3.63, 3.8) is 0 Å². The zero-order valence-corrected chi connectivity index (χ0v) is 16.4. The summed E-state index contributed by atoms with van der Waals surface area (Å²) >= 11 is 0. The molecule has 3 saturated heterocycles. The summed E-state index contributed by atoms with van der Waals surface area (Å²) in [7, 11) is 1.67. The molecule has 0 radical (unpaired) electrons. The fraction of sp³-hybridized carbons (Fsp3) is 0.900. The molecule has 3 aliphatic heterocycles. The third kappa shape index (κ3) is 4.97. The van der Waals surface area contributed by atoms with Crippen molar-refractivity contribution >= 4 is 11.8 Å². The summed E-state index contributed by atoms with van der Waals surface area (Å²) in [6, 6.07) is 0. The van der Waals surface area contributed by atoms with Crippen molar-refractivity contribution in [1.29, 1.82) is 0 Å². The SMILES string of the molecule is COCCN1C[C@@]2(CCCN(C(=O)CN3CCCCCC3)C2)CCC1=O. The number of ether oxygens (including phenoxy) is 1. The smallest absolute Gasteiger partial charge is 0.236 e. The van der Waals surface area contributed by atoms with Crippen molar-refractivity contribution in [2.24, 2.45) is 5.41 Å². The van der Waals surface area contributed by atoms with Crippen LogP contribution in [0.25, 0.3) is 0 Å². The van der Waals surface area contributed by atoms with Gasteiger partial charge in [0.25, 0.3) is 0 Å². The lowest BCUT2D eigenvalue weighted by Crippen LogP contribution is -2.56. The monoisotopic (exact) mass is 365 g/mol. The zero-order chi connectivity index (χ0) is 18.4. The van der Waals surface area contributed by atoms with Gasteiger partial charge in [-0.1, -0.05) is 12.8 Å². The summed E-state index contributed by atoms with van der Waals surface area (Å²) in [6.07, 6.45) is 8.73. The van der Waals surface area contributed by atoms with Crippen molar-refractivity contribution in [1.82, 2.24) is 14.7 Å². The molecule has 0 aromatic rings. The van der Waals surface area contributed by atoms with Gasteiger partial charge in [0.05, 0.1) is 13.2 Å². The van der Waals surface area contributed by atoms with E-state index in [1.54, 1.807) is 7.11 Å². The molecule has 0 aromatic carbocycles. The average Bonchev–Trinajstić information content (AvgIpc) is 2.91. The van der Waals surface area contributed by atoms with E-state index in [0.29, 0.717) is 26.1 Å². The molecule has 0 saturated carbocycles. The Hall–Kier alpha value is -1.14. The van der Waals surface area contributed by atoms with Crippen molar-refractivity contribution in [3.8, 4) is 0 Å². The molecule has 0 N–H and O–H groups in total. The number of carbonyl (C=O) groups is 2. The minimum Gasteiger partial charge on any atom is -0.383 e. The first kappa shape index (κ1) is 19.6. The molecule has 6 nitrogen and oxygen atoms in total. The third-order valence-electron chi connectivity index (χ3n) is 6.39. The van der Waals surface area contributed by atoms with Crippen molar-refractivity contribution in [3.05, 3.63) is 0 Å². The van der Waals surface area contributed by atoms with Crippen LogP contribution in [0.5, 0.6) is 0 Å². The second-order valence-electron chi connectivity index (χ2n) is 8.42. The van der Waals surface area contributed by atoms with Gasteiger partial charge in [0.15, 0.2) is 0 Å². The van der Waals surface area contributed by atoms with E-state index in [-0.39, 0.29) is 17.2 Å². The second kappa shape index (κ2) is 9.18. The van der Waals surface area contributed by atoms with Gasteiger partial charge in [-0.15, -0.1) is 0 Å². The molecule has 0 unspecified atom stereocenters. The fourth-order valence-corrected chi connectivity index (χ4v) is 4.85.